The van der Waals surface area contributed by atoms with Gasteiger partial charge in [0.15, 0.2) is 5.78 Å². The van der Waals surface area contributed by atoms with Crippen LogP contribution in [0.25, 0.3) is 0 Å². The molecular formula is C21H26N2O4S. The van der Waals surface area contributed by atoms with E-state index >= 15 is 0 Å². The van der Waals surface area contributed by atoms with Crippen molar-refractivity contribution in [1.29, 1.82) is 0 Å². The zero-order valence-corrected chi connectivity index (χ0v) is 17.3. The summed E-state index contributed by atoms with van der Waals surface area (Å²) in [7, 11) is -1.91. The Morgan fingerprint density at radius 2 is 1.54 bits per heavy atom. The Morgan fingerprint density at radius 1 is 0.964 bits per heavy atom. The first kappa shape index (κ1) is 21.8. The van der Waals surface area contributed by atoms with Crippen LogP contribution in [0.3, 0.4) is 0 Å². The minimum absolute atomic E-state index is 0.0499. The van der Waals surface area contributed by atoms with Crippen LogP contribution in [0.4, 0.5) is 0 Å². The third kappa shape index (κ3) is 5.74. The average molecular weight is 403 g/mol. The fourth-order valence-corrected chi connectivity index (χ4v) is 3.63. The number of carbonyl (C=O) groups excluding carboxylic acids is 2. The van der Waals surface area contributed by atoms with Crippen LogP contribution in [0.2, 0.25) is 0 Å². The molecular weight excluding hydrogens is 376 g/mol. The van der Waals surface area contributed by atoms with Crippen LogP contribution in [0.15, 0.2) is 53.4 Å². The lowest BCUT2D eigenvalue weighted by Crippen LogP contribution is -2.27. The molecule has 0 aliphatic carbocycles. The molecule has 0 saturated heterocycles. The number of nitrogens with zero attached hydrogens (tertiary/aromatic N) is 1. The van der Waals surface area contributed by atoms with Crippen molar-refractivity contribution in [2.24, 2.45) is 0 Å². The van der Waals surface area contributed by atoms with E-state index in [1.807, 2.05) is 0 Å². The van der Waals surface area contributed by atoms with Crippen LogP contribution in [0, 0.1) is 0 Å². The molecule has 0 aromatic heterocycles. The minimum atomic E-state index is -3.69. The normalized spacial score (nSPS) is 11.2. The molecule has 0 aliphatic rings. The Hall–Kier alpha value is -2.51. The summed E-state index contributed by atoms with van der Waals surface area (Å²) in [6, 6.07) is 12.7. The van der Waals surface area contributed by atoms with Gasteiger partial charge >= 0.3 is 0 Å². The van der Waals surface area contributed by atoms with E-state index in [0.717, 1.165) is 18.4 Å². The number of Topliss-reactive ketones (excluding diaryl/α,β-unsaturated/α-hetero) is 1. The van der Waals surface area contributed by atoms with Gasteiger partial charge in [0.25, 0.3) is 5.91 Å². The molecule has 0 spiro atoms. The molecule has 6 nitrogen and oxygen atoms in total. The highest BCUT2D eigenvalue weighted by atomic mass is 32.2. The van der Waals surface area contributed by atoms with E-state index < -0.39 is 10.0 Å². The highest BCUT2D eigenvalue weighted by Crippen LogP contribution is 2.13. The molecule has 0 saturated carbocycles. The van der Waals surface area contributed by atoms with E-state index in [1.165, 1.54) is 31.2 Å². The molecule has 0 heterocycles. The average Bonchev–Trinajstić information content (AvgIpc) is 2.70. The highest BCUT2D eigenvalue weighted by molar-refractivity contribution is 7.89. The van der Waals surface area contributed by atoms with Crippen molar-refractivity contribution >= 4 is 21.7 Å². The maximum absolute atomic E-state index is 12.4. The number of amides is 1. The van der Waals surface area contributed by atoms with Crippen LogP contribution in [0.5, 0.6) is 0 Å². The summed E-state index contributed by atoms with van der Waals surface area (Å²) in [6.07, 6.45) is 1.98. The first-order valence-electron chi connectivity index (χ1n) is 9.19. The Labute approximate surface area is 166 Å². The van der Waals surface area contributed by atoms with Gasteiger partial charge in [-0.1, -0.05) is 37.6 Å². The highest BCUT2D eigenvalue weighted by Gasteiger charge is 2.15. The Kier molecular flexibility index (Phi) is 7.48. The summed E-state index contributed by atoms with van der Waals surface area (Å²) >= 11 is 0. The van der Waals surface area contributed by atoms with E-state index in [-0.39, 0.29) is 23.1 Å². The molecule has 2 aromatic carbocycles. The molecule has 0 unspecified atom stereocenters. The van der Waals surface area contributed by atoms with Gasteiger partial charge in [-0.05, 0) is 43.2 Å². The van der Waals surface area contributed by atoms with Gasteiger partial charge in [0.2, 0.25) is 10.0 Å². The second-order valence-electron chi connectivity index (χ2n) is 6.68. The number of benzene rings is 2. The third-order valence-corrected chi connectivity index (χ3v) is 5.85. The second-order valence-corrected chi connectivity index (χ2v) is 8.45. The largest absolute Gasteiger partial charge is 0.342 e. The summed E-state index contributed by atoms with van der Waals surface area (Å²) in [5.74, 6) is -0.168. The number of hydrogen-bond acceptors (Lipinski definition) is 4. The third-order valence-electron chi connectivity index (χ3n) is 4.43. The van der Waals surface area contributed by atoms with E-state index in [4.69, 9.17) is 0 Å². The van der Waals surface area contributed by atoms with Crippen molar-refractivity contribution in [2.45, 2.75) is 38.1 Å². The summed E-state index contributed by atoms with van der Waals surface area (Å²) in [5.41, 5.74) is 1.78. The Bertz CT molecular complexity index is 920. The zero-order valence-electron chi connectivity index (χ0n) is 16.4. The molecule has 150 valence electrons. The SMILES string of the molecule is CCCCN(C)C(=O)c1ccc(CNS(=O)(=O)c2ccc(C(C)=O)cc2)cc1. The van der Waals surface area contributed by atoms with Gasteiger partial charge in [-0.25, -0.2) is 13.1 Å². The van der Waals surface area contributed by atoms with Crippen molar-refractivity contribution in [1.82, 2.24) is 9.62 Å². The van der Waals surface area contributed by atoms with Gasteiger partial charge < -0.3 is 4.90 Å². The smallest absolute Gasteiger partial charge is 0.253 e. The molecule has 2 aromatic rings. The number of hydrogen-bond donors (Lipinski definition) is 1. The van der Waals surface area contributed by atoms with Gasteiger partial charge in [0.05, 0.1) is 4.90 Å². The van der Waals surface area contributed by atoms with Gasteiger partial charge in [-0.2, -0.15) is 0 Å². The summed E-state index contributed by atoms with van der Waals surface area (Å²) in [6.45, 7) is 4.32. The fraction of sp³-hybridized carbons (Fsp3) is 0.333. The van der Waals surface area contributed by atoms with Crippen molar-refractivity contribution < 1.29 is 18.0 Å². The lowest BCUT2D eigenvalue weighted by Gasteiger charge is -2.17. The number of rotatable bonds is 9. The topological polar surface area (TPSA) is 83.6 Å². The quantitative estimate of drug-likeness (QED) is 0.653. The van der Waals surface area contributed by atoms with E-state index in [0.29, 0.717) is 17.7 Å². The predicted octanol–water partition coefficient (Wildman–Crippen LogP) is 3.24. The Morgan fingerprint density at radius 3 is 2.07 bits per heavy atom. The number of carbonyl (C=O) groups is 2. The van der Waals surface area contributed by atoms with Crippen molar-refractivity contribution in [3.05, 3.63) is 65.2 Å². The molecule has 1 N–H and O–H groups in total. The standard InChI is InChI=1S/C21H26N2O4S/c1-4-5-14-23(3)21(25)19-8-6-17(7-9-19)15-22-28(26,27)20-12-10-18(11-13-20)16(2)24/h6-13,22H,4-5,14-15H2,1-3H3. The van der Waals surface area contributed by atoms with Crippen LogP contribution in [-0.2, 0) is 16.6 Å². The minimum Gasteiger partial charge on any atom is -0.342 e. The first-order chi connectivity index (χ1) is 13.2. The van der Waals surface area contributed by atoms with Gasteiger partial charge in [-0.15, -0.1) is 0 Å². The molecule has 28 heavy (non-hydrogen) atoms. The van der Waals surface area contributed by atoms with Gasteiger partial charge in [-0.3, -0.25) is 9.59 Å². The second kappa shape index (κ2) is 9.61. The van der Waals surface area contributed by atoms with Gasteiger partial charge in [0.1, 0.15) is 0 Å². The predicted molar refractivity (Wildman–Crippen MR) is 109 cm³/mol. The lowest BCUT2D eigenvalue weighted by atomic mass is 10.1. The van der Waals surface area contributed by atoms with E-state index in [9.17, 15) is 18.0 Å². The van der Waals surface area contributed by atoms with Crippen molar-refractivity contribution in [3.63, 3.8) is 0 Å². The Balaban J connectivity index is 2.00. The maximum Gasteiger partial charge on any atom is 0.253 e. The fourth-order valence-electron chi connectivity index (χ4n) is 2.61. The number of nitrogens with one attached hydrogen (secondary N) is 1. The molecule has 0 bridgehead atoms. The van der Waals surface area contributed by atoms with E-state index in [1.54, 1.807) is 36.2 Å². The van der Waals surface area contributed by atoms with Gasteiger partial charge in [0, 0.05) is 31.3 Å². The lowest BCUT2D eigenvalue weighted by molar-refractivity contribution is 0.0793. The monoisotopic (exact) mass is 402 g/mol. The molecule has 0 fully saturated rings. The number of ketones is 1. The van der Waals surface area contributed by atoms with Crippen LogP contribution in [-0.4, -0.2) is 38.6 Å². The molecule has 0 atom stereocenters. The molecule has 1 amide bonds. The summed E-state index contributed by atoms with van der Waals surface area (Å²) in [5, 5.41) is 0. The molecule has 2 rings (SSSR count). The summed E-state index contributed by atoms with van der Waals surface area (Å²) < 4.78 is 27.3. The van der Waals surface area contributed by atoms with Crippen LogP contribution < -0.4 is 4.72 Å². The van der Waals surface area contributed by atoms with Crippen molar-refractivity contribution in [2.75, 3.05) is 13.6 Å². The zero-order chi connectivity index (χ0) is 20.7. The number of unbranched alkanes of at least 4 members (excludes halogenated alkanes) is 1. The maximum atomic E-state index is 12.4. The van der Waals surface area contributed by atoms with Crippen molar-refractivity contribution in [3.8, 4) is 0 Å². The first-order valence-corrected chi connectivity index (χ1v) is 10.7. The summed E-state index contributed by atoms with van der Waals surface area (Å²) in [4.78, 5) is 25.4. The molecule has 0 aliphatic heterocycles. The van der Waals surface area contributed by atoms with E-state index in [2.05, 4.69) is 11.6 Å². The molecule has 7 heteroatoms. The molecule has 0 radical (unpaired) electrons. The van der Waals surface area contributed by atoms with Crippen LogP contribution >= 0.6 is 0 Å². The van der Waals surface area contributed by atoms with Crippen LogP contribution in [0.1, 0.15) is 53.0 Å². The number of sulfonamides is 1.